The maximum absolute atomic E-state index is 14.0. The molecule has 0 heterocycles. The Balaban J connectivity index is 2.04. The minimum atomic E-state index is -0.256. The van der Waals surface area contributed by atoms with E-state index in [0.29, 0.717) is 12.0 Å². The molecule has 0 aliphatic heterocycles. The van der Waals surface area contributed by atoms with Gasteiger partial charge in [-0.05, 0) is 49.8 Å². The van der Waals surface area contributed by atoms with Crippen molar-refractivity contribution in [2.24, 2.45) is 11.8 Å². The van der Waals surface area contributed by atoms with Crippen LogP contribution in [0.1, 0.15) is 38.2 Å². The number of hydrogen-bond donors (Lipinski definition) is 1. The summed E-state index contributed by atoms with van der Waals surface area (Å²) in [6.45, 7) is 2.32. The SMILES string of the molecule is CNC(Cc1cccc(Cl)c1F)C1CCC(C)CC1. The van der Waals surface area contributed by atoms with Gasteiger partial charge in [-0.15, -0.1) is 0 Å². The lowest BCUT2D eigenvalue weighted by molar-refractivity contribution is 0.234. The van der Waals surface area contributed by atoms with E-state index in [1.54, 1.807) is 6.07 Å². The lowest BCUT2D eigenvalue weighted by atomic mass is 9.77. The van der Waals surface area contributed by atoms with Gasteiger partial charge in [0, 0.05) is 6.04 Å². The summed E-state index contributed by atoms with van der Waals surface area (Å²) >= 11 is 5.85. The zero-order valence-corrected chi connectivity index (χ0v) is 12.5. The summed E-state index contributed by atoms with van der Waals surface area (Å²) in [7, 11) is 1.98. The summed E-state index contributed by atoms with van der Waals surface area (Å²) in [6.07, 6.45) is 5.80. The second-order valence-corrected chi connectivity index (χ2v) is 6.24. The average Bonchev–Trinajstić information content (AvgIpc) is 2.42. The minimum absolute atomic E-state index is 0.226. The van der Waals surface area contributed by atoms with E-state index in [9.17, 15) is 4.39 Å². The molecule has 1 aromatic rings. The van der Waals surface area contributed by atoms with Crippen LogP contribution in [-0.4, -0.2) is 13.1 Å². The van der Waals surface area contributed by atoms with Crippen molar-refractivity contribution in [3.63, 3.8) is 0 Å². The van der Waals surface area contributed by atoms with Gasteiger partial charge in [-0.2, -0.15) is 0 Å². The van der Waals surface area contributed by atoms with Gasteiger partial charge in [0.25, 0.3) is 0 Å². The third kappa shape index (κ3) is 3.70. The fraction of sp³-hybridized carbons (Fsp3) is 0.625. The van der Waals surface area contributed by atoms with Crippen molar-refractivity contribution < 1.29 is 4.39 Å². The largest absolute Gasteiger partial charge is 0.316 e. The van der Waals surface area contributed by atoms with Gasteiger partial charge < -0.3 is 5.32 Å². The Morgan fingerprint density at radius 2 is 2.00 bits per heavy atom. The van der Waals surface area contributed by atoms with E-state index in [0.717, 1.165) is 17.9 Å². The van der Waals surface area contributed by atoms with Crippen LogP contribution in [0.2, 0.25) is 5.02 Å². The lowest BCUT2D eigenvalue weighted by Crippen LogP contribution is -2.37. The van der Waals surface area contributed by atoms with Gasteiger partial charge in [-0.1, -0.05) is 43.5 Å². The number of hydrogen-bond acceptors (Lipinski definition) is 1. The van der Waals surface area contributed by atoms with Gasteiger partial charge >= 0.3 is 0 Å². The Bertz CT molecular complexity index is 413. The number of benzene rings is 1. The van der Waals surface area contributed by atoms with E-state index < -0.39 is 0 Å². The molecule has 0 bridgehead atoms. The summed E-state index contributed by atoms with van der Waals surface area (Å²) in [6, 6.07) is 5.63. The zero-order chi connectivity index (χ0) is 13.8. The van der Waals surface area contributed by atoms with Gasteiger partial charge in [0.1, 0.15) is 5.82 Å². The first-order valence-electron chi connectivity index (χ1n) is 7.22. The van der Waals surface area contributed by atoms with Gasteiger partial charge in [0.2, 0.25) is 0 Å². The maximum Gasteiger partial charge on any atom is 0.145 e. The molecular formula is C16H23ClFN. The highest BCUT2D eigenvalue weighted by Crippen LogP contribution is 2.32. The number of rotatable bonds is 4. The minimum Gasteiger partial charge on any atom is -0.316 e. The van der Waals surface area contributed by atoms with Gasteiger partial charge in [0.15, 0.2) is 0 Å². The van der Waals surface area contributed by atoms with E-state index in [4.69, 9.17) is 11.6 Å². The molecule has 1 atom stereocenters. The van der Waals surface area contributed by atoms with E-state index in [-0.39, 0.29) is 10.8 Å². The zero-order valence-electron chi connectivity index (χ0n) is 11.8. The average molecular weight is 284 g/mol. The van der Waals surface area contributed by atoms with E-state index in [1.165, 1.54) is 25.7 Å². The second-order valence-electron chi connectivity index (χ2n) is 5.83. The predicted molar refractivity (Wildman–Crippen MR) is 79.1 cm³/mol. The molecule has 1 saturated carbocycles. The van der Waals surface area contributed by atoms with Crippen LogP contribution in [-0.2, 0) is 6.42 Å². The first-order valence-corrected chi connectivity index (χ1v) is 7.59. The van der Waals surface area contributed by atoms with Crippen LogP contribution in [0.25, 0.3) is 0 Å². The molecule has 1 unspecified atom stereocenters. The molecule has 1 fully saturated rings. The summed E-state index contributed by atoms with van der Waals surface area (Å²) in [5, 5.41) is 3.60. The van der Waals surface area contributed by atoms with Crippen molar-refractivity contribution in [3.05, 3.63) is 34.6 Å². The van der Waals surface area contributed by atoms with Crippen molar-refractivity contribution in [2.45, 2.75) is 45.1 Å². The molecule has 1 aliphatic rings. The molecular weight excluding hydrogens is 261 g/mol. The van der Waals surface area contributed by atoms with E-state index in [2.05, 4.69) is 12.2 Å². The smallest absolute Gasteiger partial charge is 0.145 e. The quantitative estimate of drug-likeness (QED) is 0.862. The van der Waals surface area contributed by atoms with E-state index in [1.807, 2.05) is 19.2 Å². The van der Waals surface area contributed by atoms with Crippen molar-refractivity contribution in [1.29, 1.82) is 0 Å². The van der Waals surface area contributed by atoms with Crippen LogP contribution in [0.3, 0.4) is 0 Å². The molecule has 0 saturated heterocycles. The third-order valence-corrected chi connectivity index (χ3v) is 4.76. The number of likely N-dealkylation sites (N-methyl/N-ethyl adjacent to an activating group) is 1. The molecule has 106 valence electrons. The number of halogens is 2. The highest BCUT2D eigenvalue weighted by Gasteiger charge is 2.26. The molecule has 0 aromatic heterocycles. The van der Waals surface area contributed by atoms with Crippen LogP contribution in [0.5, 0.6) is 0 Å². The summed E-state index contributed by atoms with van der Waals surface area (Å²) in [5.41, 5.74) is 0.727. The Morgan fingerprint density at radius 3 is 2.63 bits per heavy atom. The number of nitrogens with one attached hydrogen (secondary N) is 1. The van der Waals surface area contributed by atoms with Crippen LogP contribution >= 0.6 is 11.6 Å². The van der Waals surface area contributed by atoms with Gasteiger partial charge in [0.05, 0.1) is 5.02 Å². The van der Waals surface area contributed by atoms with Crippen molar-refractivity contribution in [1.82, 2.24) is 5.32 Å². The Labute approximate surface area is 120 Å². The molecule has 1 nitrogen and oxygen atoms in total. The van der Waals surface area contributed by atoms with Crippen LogP contribution in [0.4, 0.5) is 4.39 Å². The molecule has 1 aliphatic carbocycles. The van der Waals surface area contributed by atoms with Gasteiger partial charge in [-0.3, -0.25) is 0 Å². The predicted octanol–water partition coefficient (Wildman–Crippen LogP) is 4.44. The fourth-order valence-corrected chi connectivity index (χ4v) is 3.33. The topological polar surface area (TPSA) is 12.0 Å². The molecule has 0 amide bonds. The first kappa shape index (κ1) is 14.8. The first-order chi connectivity index (χ1) is 9.11. The molecule has 3 heteroatoms. The van der Waals surface area contributed by atoms with E-state index >= 15 is 0 Å². The third-order valence-electron chi connectivity index (χ3n) is 4.47. The van der Waals surface area contributed by atoms with Crippen molar-refractivity contribution in [2.75, 3.05) is 7.05 Å². The van der Waals surface area contributed by atoms with Crippen LogP contribution in [0, 0.1) is 17.7 Å². The highest BCUT2D eigenvalue weighted by atomic mass is 35.5. The normalized spacial score (nSPS) is 25.3. The highest BCUT2D eigenvalue weighted by molar-refractivity contribution is 6.30. The molecule has 1 N–H and O–H groups in total. The Kier molecular flexibility index (Phi) is 5.23. The Morgan fingerprint density at radius 1 is 1.32 bits per heavy atom. The van der Waals surface area contributed by atoms with Crippen LogP contribution in [0.15, 0.2) is 18.2 Å². The summed E-state index contributed by atoms with van der Waals surface area (Å²) in [5.74, 6) is 1.24. The monoisotopic (exact) mass is 283 g/mol. The van der Waals surface area contributed by atoms with Crippen LogP contribution < -0.4 is 5.32 Å². The fourth-order valence-electron chi connectivity index (χ4n) is 3.14. The molecule has 0 radical (unpaired) electrons. The second kappa shape index (κ2) is 6.71. The Hall–Kier alpha value is -0.600. The molecule has 1 aromatic carbocycles. The van der Waals surface area contributed by atoms with Crippen molar-refractivity contribution >= 4 is 11.6 Å². The standard InChI is InChI=1S/C16H23ClFN/c1-11-6-8-12(9-7-11)15(19-2)10-13-4-3-5-14(17)16(13)18/h3-5,11-12,15,19H,6-10H2,1-2H3. The molecule has 0 spiro atoms. The summed E-state index contributed by atoms with van der Waals surface area (Å²) in [4.78, 5) is 0. The van der Waals surface area contributed by atoms with Crippen molar-refractivity contribution in [3.8, 4) is 0 Å². The molecule has 19 heavy (non-hydrogen) atoms. The summed E-state index contributed by atoms with van der Waals surface area (Å²) < 4.78 is 14.0. The molecule has 2 rings (SSSR count). The van der Waals surface area contributed by atoms with Gasteiger partial charge in [-0.25, -0.2) is 4.39 Å². The maximum atomic E-state index is 14.0. The lowest BCUT2D eigenvalue weighted by Gasteiger charge is -2.32.